The van der Waals surface area contributed by atoms with Gasteiger partial charge >= 0.3 is 0 Å². The molecular formula is C11H10BrCl2N3. The number of rotatable bonds is 3. The maximum atomic E-state index is 6.13. The van der Waals surface area contributed by atoms with Crippen LogP contribution in [-0.2, 0) is 6.54 Å². The molecule has 0 fully saturated rings. The van der Waals surface area contributed by atoms with Crippen LogP contribution in [0.4, 0.5) is 5.69 Å². The summed E-state index contributed by atoms with van der Waals surface area (Å²) < 4.78 is 0.783. The Morgan fingerprint density at radius 3 is 2.76 bits per heavy atom. The van der Waals surface area contributed by atoms with E-state index in [1.807, 2.05) is 19.1 Å². The zero-order valence-electron chi connectivity index (χ0n) is 9.02. The van der Waals surface area contributed by atoms with E-state index in [4.69, 9.17) is 23.2 Å². The van der Waals surface area contributed by atoms with Gasteiger partial charge in [0.15, 0.2) is 0 Å². The molecule has 0 radical (unpaired) electrons. The molecule has 0 saturated carbocycles. The smallest absolute Gasteiger partial charge is 0.0925 e. The van der Waals surface area contributed by atoms with Gasteiger partial charge in [-0.05, 0) is 35.0 Å². The molecule has 1 heterocycles. The summed E-state index contributed by atoms with van der Waals surface area (Å²) in [5, 5.41) is 4.22. The molecule has 1 aromatic heterocycles. The van der Waals surface area contributed by atoms with Crippen LogP contribution in [0, 0.1) is 6.92 Å². The molecular weight excluding hydrogens is 325 g/mol. The van der Waals surface area contributed by atoms with E-state index < -0.39 is 0 Å². The van der Waals surface area contributed by atoms with Gasteiger partial charge in [0.2, 0.25) is 0 Å². The number of aryl methyl sites for hydroxylation is 1. The molecule has 2 aromatic rings. The summed E-state index contributed by atoms with van der Waals surface area (Å²) in [6.07, 6.45) is 1.67. The van der Waals surface area contributed by atoms with Crippen LogP contribution in [0.3, 0.4) is 0 Å². The van der Waals surface area contributed by atoms with E-state index in [1.54, 1.807) is 6.33 Å². The lowest BCUT2D eigenvalue weighted by Gasteiger charge is -2.09. The van der Waals surface area contributed by atoms with Crippen molar-refractivity contribution in [3.05, 3.63) is 44.4 Å². The van der Waals surface area contributed by atoms with E-state index in [0.29, 0.717) is 16.6 Å². The summed E-state index contributed by atoms with van der Waals surface area (Å²) in [5.41, 5.74) is 2.79. The Hall–Kier alpha value is -0.710. The topological polar surface area (TPSA) is 40.7 Å². The average Bonchev–Trinajstić information content (AvgIpc) is 2.71. The van der Waals surface area contributed by atoms with Crippen molar-refractivity contribution in [1.82, 2.24) is 9.97 Å². The molecule has 0 aliphatic rings. The third-order valence-corrected chi connectivity index (χ3v) is 4.19. The Bertz CT molecular complexity index is 540. The normalized spacial score (nSPS) is 10.6. The van der Waals surface area contributed by atoms with Gasteiger partial charge in [-0.1, -0.05) is 23.2 Å². The number of anilines is 1. The molecule has 1 aromatic carbocycles. The Morgan fingerprint density at radius 1 is 1.35 bits per heavy atom. The first-order valence-corrected chi connectivity index (χ1v) is 6.50. The van der Waals surface area contributed by atoms with Gasteiger partial charge in [-0.15, -0.1) is 0 Å². The van der Waals surface area contributed by atoms with Crippen molar-refractivity contribution in [3.8, 4) is 0 Å². The second-order valence-corrected chi connectivity index (χ2v) is 5.16. The number of hydrogen-bond acceptors (Lipinski definition) is 2. The van der Waals surface area contributed by atoms with Crippen LogP contribution in [0.1, 0.15) is 11.4 Å². The highest BCUT2D eigenvalue weighted by Gasteiger charge is 2.09. The second kappa shape index (κ2) is 5.29. The van der Waals surface area contributed by atoms with Gasteiger partial charge in [0.1, 0.15) is 0 Å². The number of nitrogens with one attached hydrogen (secondary N) is 2. The first-order valence-electron chi connectivity index (χ1n) is 4.96. The first kappa shape index (κ1) is 12.7. The number of aromatic amines is 1. The van der Waals surface area contributed by atoms with Gasteiger partial charge in [0, 0.05) is 10.2 Å². The van der Waals surface area contributed by atoms with Gasteiger partial charge in [0.05, 0.1) is 34.3 Å². The number of hydrogen-bond donors (Lipinski definition) is 2. The van der Waals surface area contributed by atoms with E-state index in [2.05, 4.69) is 31.2 Å². The lowest BCUT2D eigenvalue weighted by Crippen LogP contribution is -2.02. The first-order chi connectivity index (χ1) is 8.09. The number of imidazole rings is 1. The number of halogens is 3. The molecule has 0 aliphatic carbocycles. The standard InChI is InChI=1S/C11H10BrCl2N3/c1-6-9(17-5-16-6)4-15-8-3-2-7(12)10(13)11(8)14/h2-3,5,15H,4H2,1H3,(H,16,17). The van der Waals surface area contributed by atoms with Crippen LogP contribution >= 0.6 is 39.1 Å². The van der Waals surface area contributed by atoms with Gasteiger partial charge in [0.25, 0.3) is 0 Å². The van der Waals surface area contributed by atoms with Crippen LogP contribution < -0.4 is 5.32 Å². The SMILES string of the molecule is Cc1[nH]cnc1CNc1ccc(Br)c(Cl)c1Cl. The molecule has 6 heteroatoms. The lowest BCUT2D eigenvalue weighted by atomic mass is 10.3. The minimum absolute atomic E-state index is 0.509. The zero-order chi connectivity index (χ0) is 12.4. The van der Waals surface area contributed by atoms with Crippen molar-refractivity contribution >= 4 is 44.8 Å². The quantitative estimate of drug-likeness (QED) is 0.817. The summed E-state index contributed by atoms with van der Waals surface area (Å²) in [7, 11) is 0. The fourth-order valence-corrected chi connectivity index (χ4v) is 2.25. The minimum Gasteiger partial charge on any atom is -0.378 e. The molecule has 2 N–H and O–H groups in total. The van der Waals surface area contributed by atoms with Crippen LogP contribution in [0.2, 0.25) is 10.0 Å². The number of nitrogens with zero attached hydrogens (tertiary/aromatic N) is 1. The largest absolute Gasteiger partial charge is 0.378 e. The maximum Gasteiger partial charge on any atom is 0.0925 e. The molecule has 0 amide bonds. The predicted octanol–water partition coefficient (Wildman–Crippen LogP) is 4.40. The molecule has 0 spiro atoms. The van der Waals surface area contributed by atoms with E-state index in [0.717, 1.165) is 21.5 Å². The van der Waals surface area contributed by atoms with Crippen LogP contribution in [0.15, 0.2) is 22.9 Å². The molecule has 90 valence electrons. The number of aromatic nitrogens is 2. The van der Waals surface area contributed by atoms with E-state index >= 15 is 0 Å². The monoisotopic (exact) mass is 333 g/mol. The highest BCUT2D eigenvalue weighted by Crippen LogP contribution is 2.35. The van der Waals surface area contributed by atoms with Crippen LogP contribution in [0.5, 0.6) is 0 Å². The lowest BCUT2D eigenvalue weighted by molar-refractivity contribution is 1.05. The Morgan fingerprint density at radius 2 is 2.12 bits per heavy atom. The molecule has 0 saturated heterocycles. The van der Waals surface area contributed by atoms with Crippen molar-refractivity contribution in [2.24, 2.45) is 0 Å². The molecule has 2 rings (SSSR count). The minimum atomic E-state index is 0.509. The van der Waals surface area contributed by atoms with Crippen molar-refractivity contribution in [2.75, 3.05) is 5.32 Å². The van der Waals surface area contributed by atoms with Crippen molar-refractivity contribution in [1.29, 1.82) is 0 Å². The molecule has 0 bridgehead atoms. The summed E-state index contributed by atoms with van der Waals surface area (Å²) in [6, 6.07) is 3.73. The van der Waals surface area contributed by atoms with Crippen molar-refractivity contribution in [3.63, 3.8) is 0 Å². The number of benzene rings is 1. The summed E-state index contributed by atoms with van der Waals surface area (Å²) in [6.45, 7) is 2.58. The molecule has 0 atom stereocenters. The molecule has 17 heavy (non-hydrogen) atoms. The Balaban J connectivity index is 2.15. The Kier molecular flexibility index (Phi) is 3.97. The summed E-state index contributed by atoms with van der Waals surface area (Å²) in [5.74, 6) is 0. The highest BCUT2D eigenvalue weighted by atomic mass is 79.9. The predicted molar refractivity (Wildman–Crippen MR) is 74.8 cm³/mol. The van der Waals surface area contributed by atoms with Crippen LogP contribution in [-0.4, -0.2) is 9.97 Å². The third kappa shape index (κ3) is 2.76. The van der Waals surface area contributed by atoms with Crippen molar-refractivity contribution < 1.29 is 0 Å². The zero-order valence-corrected chi connectivity index (χ0v) is 12.1. The van der Waals surface area contributed by atoms with E-state index in [-0.39, 0.29) is 0 Å². The van der Waals surface area contributed by atoms with Crippen molar-refractivity contribution in [2.45, 2.75) is 13.5 Å². The van der Waals surface area contributed by atoms with Gasteiger partial charge in [-0.2, -0.15) is 0 Å². The second-order valence-electron chi connectivity index (χ2n) is 3.55. The molecule has 0 unspecified atom stereocenters. The Labute approximate surface area is 118 Å². The van der Waals surface area contributed by atoms with Gasteiger partial charge in [-0.25, -0.2) is 4.98 Å². The summed E-state index contributed by atoms with van der Waals surface area (Å²) in [4.78, 5) is 7.22. The molecule has 0 aliphatic heterocycles. The van der Waals surface area contributed by atoms with Gasteiger partial charge < -0.3 is 10.3 Å². The maximum absolute atomic E-state index is 6.13. The van der Waals surface area contributed by atoms with Gasteiger partial charge in [-0.3, -0.25) is 0 Å². The summed E-state index contributed by atoms with van der Waals surface area (Å²) >= 11 is 15.5. The average molecular weight is 335 g/mol. The van der Waals surface area contributed by atoms with Crippen LogP contribution in [0.25, 0.3) is 0 Å². The highest BCUT2D eigenvalue weighted by molar-refractivity contribution is 9.10. The van der Waals surface area contributed by atoms with E-state index in [1.165, 1.54) is 0 Å². The third-order valence-electron chi connectivity index (χ3n) is 2.42. The fraction of sp³-hybridized carbons (Fsp3) is 0.182. The number of H-pyrrole nitrogens is 1. The molecule has 3 nitrogen and oxygen atoms in total. The fourth-order valence-electron chi connectivity index (χ4n) is 1.41. The van der Waals surface area contributed by atoms with E-state index in [9.17, 15) is 0 Å².